The summed E-state index contributed by atoms with van der Waals surface area (Å²) < 4.78 is 1.79. The summed E-state index contributed by atoms with van der Waals surface area (Å²) in [6.07, 6.45) is 6.05. The Hall–Kier alpha value is -2.12. The molecule has 0 unspecified atom stereocenters. The molecule has 18 heavy (non-hydrogen) atoms. The Kier molecular flexibility index (Phi) is 2.83. The summed E-state index contributed by atoms with van der Waals surface area (Å²) in [6, 6.07) is 11.0. The zero-order chi connectivity index (χ0) is 12.4. The number of nitrogens with zero attached hydrogens (tertiary/aromatic N) is 3. The molecule has 0 atom stereocenters. The van der Waals surface area contributed by atoms with Gasteiger partial charge in [0.05, 0.1) is 0 Å². The van der Waals surface area contributed by atoms with Crippen molar-refractivity contribution in [3.8, 4) is 11.8 Å². The van der Waals surface area contributed by atoms with Gasteiger partial charge in [-0.2, -0.15) is 5.26 Å². The van der Waals surface area contributed by atoms with Crippen LogP contribution in [0.4, 0.5) is 0 Å². The van der Waals surface area contributed by atoms with Crippen LogP contribution < -0.4 is 5.32 Å². The zero-order valence-electron chi connectivity index (χ0n) is 10.0. The van der Waals surface area contributed by atoms with Gasteiger partial charge >= 0.3 is 0 Å². The summed E-state index contributed by atoms with van der Waals surface area (Å²) in [5.41, 5.74) is 2.24. The second-order valence-corrected chi connectivity index (χ2v) is 4.55. The molecular weight excluding hydrogens is 224 g/mol. The van der Waals surface area contributed by atoms with Gasteiger partial charge in [0.2, 0.25) is 5.82 Å². The van der Waals surface area contributed by atoms with E-state index in [1.54, 1.807) is 17.0 Å². The van der Waals surface area contributed by atoms with E-state index in [1.807, 2.05) is 12.1 Å². The molecule has 1 aromatic carbocycles. The smallest absolute Gasteiger partial charge is 0.217 e. The van der Waals surface area contributed by atoms with Gasteiger partial charge in [-0.15, -0.1) is 0 Å². The van der Waals surface area contributed by atoms with Gasteiger partial charge < -0.3 is 5.32 Å². The van der Waals surface area contributed by atoms with E-state index in [-0.39, 0.29) is 0 Å². The van der Waals surface area contributed by atoms with Crippen molar-refractivity contribution in [2.75, 3.05) is 0 Å². The van der Waals surface area contributed by atoms with Gasteiger partial charge in [-0.05, 0) is 30.5 Å². The molecule has 0 spiro atoms. The fourth-order valence-corrected chi connectivity index (χ4v) is 1.92. The van der Waals surface area contributed by atoms with Gasteiger partial charge in [0.1, 0.15) is 6.07 Å². The summed E-state index contributed by atoms with van der Waals surface area (Å²) in [7, 11) is 0. The molecule has 0 radical (unpaired) electrons. The predicted octanol–water partition coefficient (Wildman–Crippen LogP) is 2.00. The minimum atomic E-state index is 0.416. The summed E-state index contributed by atoms with van der Waals surface area (Å²) in [6.45, 7) is 0.917. The first-order valence-electron chi connectivity index (χ1n) is 6.13. The minimum Gasteiger partial charge on any atom is -0.310 e. The van der Waals surface area contributed by atoms with E-state index < -0.39 is 0 Å². The summed E-state index contributed by atoms with van der Waals surface area (Å²) in [4.78, 5) is 3.99. The second-order valence-electron chi connectivity index (χ2n) is 4.55. The first-order valence-corrected chi connectivity index (χ1v) is 6.13. The van der Waals surface area contributed by atoms with Crippen molar-refractivity contribution in [1.82, 2.24) is 14.9 Å². The second kappa shape index (κ2) is 4.63. The van der Waals surface area contributed by atoms with Gasteiger partial charge in [-0.3, -0.25) is 4.57 Å². The fourth-order valence-electron chi connectivity index (χ4n) is 1.92. The molecule has 0 bridgehead atoms. The van der Waals surface area contributed by atoms with Gasteiger partial charge in [-0.1, -0.05) is 12.1 Å². The quantitative estimate of drug-likeness (QED) is 0.886. The molecule has 1 aliphatic carbocycles. The van der Waals surface area contributed by atoms with Crippen LogP contribution in [0.3, 0.4) is 0 Å². The van der Waals surface area contributed by atoms with Crippen LogP contribution in [0.2, 0.25) is 0 Å². The first-order chi connectivity index (χ1) is 8.86. The third kappa shape index (κ3) is 2.27. The summed E-state index contributed by atoms with van der Waals surface area (Å²) >= 11 is 0. The van der Waals surface area contributed by atoms with Crippen LogP contribution in [0.25, 0.3) is 5.69 Å². The number of imidazole rings is 1. The van der Waals surface area contributed by atoms with Crippen LogP contribution >= 0.6 is 0 Å². The first kappa shape index (κ1) is 11.0. The fraction of sp³-hybridized carbons (Fsp3) is 0.286. The average molecular weight is 238 g/mol. The van der Waals surface area contributed by atoms with Crippen LogP contribution in [-0.2, 0) is 6.54 Å². The van der Waals surface area contributed by atoms with Crippen molar-refractivity contribution in [3.05, 3.63) is 48.0 Å². The van der Waals surface area contributed by atoms with Crippen LogP contribution in [0.1, 0.15) is 24.2 Å². The average Bonchev–Trinajstić information content (AvgIpc) is 3.12. The standard InChI is InChI=1S/C14H14N4/c15-9-14-16-7-8-18(14)13-5-1-11(2-6-13)10-17-12-3-4-12/h1-2,5-8,12,17H,3-4,10H2. The highest BCUT2D eigenvalue weighted by atomic mass is 15.1. The Morgan fingerprint density at radius 1 is 1.33 bits per heavy atom. The Morgan fingerprint density at radius 3 is 2.78 bits per heavy atom. The van der Waals surface area contributed by atoms with Crippen molar-refractivity contribution in [1.29, 1.82) is 5.26 Å². The van der Waals surface area contributed by atoms with E-state index in [2.05, 4.69) is 28.5 Å². The molecule has 1 aliphatic rings. The molecular formula is C14H14N4. The number of nitrogens with one attached hydrogen (secondary N) is 1. The SMILES string of the molecule is N#Cc1nccn1-c1ccc(CNC2CC2)cc1. The highest BCUT2D eigenvalue weighted by molar-refractivity contribution is 5.38. The van der Waals surface area contributed by atoms with Crippen molar-refractivity contribution < 1.29 is 0 Å². The summed E-state index contributed by atoms with van der Waals surface area (Å²) in [5.74, 6) is 0.416. The number of nitriles is 1. The highest BCUT2D eigenvalue weighted by Gasteiger charge is 2.19. The molecule has 90 valence electrons. The lowest BCUT2D eigenvalue weighted by atomic mass is 10.2. The van der Waals surface area contributed by atoms with E-state index in [0.717, 1.165) is 18.3 Å². The molecule has 1 aromatic heterocycles. The lowest BCUT2D eigenvalue weighted by Gasteiger charge is -2.06. The van der Waals surface area contributed by atoms with Crippen LogP contribution in [0, 0.1) is 11.3 Å². The summed E-state index contributed by atoms with van der Waals surface area (Å²) in [5, 5.41) is 12.4. The number of hydrogen-bond acceptors (Lipinski definition) is 3. The Morgan fingerprint density at radius 2 is 2.11 bits per heavy atom. The predicted molar refractivity (Wildman–Crippen MR) is 68.1 cm³/mol. The van der Waals surface area contributed by atoms with Gasteiger partial charge in [-0.25, -0.2) is 4.98 Å². The Labute approximate surface area is 106 Å². The van der Waals surface area contributed by atoms with Gasteiger partial charge in [0.25, 0.3) is 0 Å². The molecule has 1 fully saturated rings. The molecule has 4 heteroatoms. The van der Waals surface area contributed by atoms with Gasteiger partial charge in [0.15, 0.2) is 0 Å². The van der Waals surface area contributed by atoms with Crippen molar-refractivity contribution >= 4 is 0 Å². The normalized spacial score (nSPS) is 14.4. The molecule has 1 N–H and O–H groups in total. The molecule has 4 nitrogen and oxygen atoms in total. The number of benzene rings is 1. The third-order valence-corrected chi connectivity index (χ3v) is 3.13. The van der Waals surface area contributed by atoms with Crippen LogP contribution in [-0.4, -0.2) is 15.6 Å². The lowest BCUT2D eigenvalue weighted by molar-refractivity contribution is 0.687. The van der Waals surface area contributed by atoms with Crippen molar-refractivity contribution in [2.24, 2.45) is 0 Å². The van der Waals surface area contributed by atoms with E-state index in [4.69, 9.17) is 5.26 Å². The van der Waals surface area contributed by atoms with Crippen molar-refractivity contribution in [2.45, 2.75) is 25.4 Å². The zero-order valence-corrected chi connectivity index (χ0v) is 10.0. The Bertz CT molecular complexity index is 573. The topological polar surface area (TPSA) is 53.6 Å². The maximum absolute atomic E-state index is 8.93. The monoisotopic (exact) mass is 238 g/mol. The van der Waals surface area contributed by atoms with E-state index in [9.17, 15) is 0 Å². The number of rotatable bonds is 4. The van der Waals surface area contributed by atoms with Crippen LogP contribution in [0.5, 0.6) is 0 Å². The van der Waals surface area contributed by atoms with Crippen LogP contribution in [0.15, 0.2) is 36.7 Å². The molecule has 0 saturated heterocycles. The molecule has 0 aliphatic heterocycles. The molecule has 1 saturated carbocycles. The molecule has 1 heterocycles. The lowest BCUT2D eigenvalue weighted by Crippen LogP contribution is -2.15. The van der Waals surface area contributed by atoms with Gasteiger partial charge in [0, 0.05) is 30.7 Å². The number of hydrogen-bond donors (Lipinski definition) is 1. The highest BCUT2D eigenvalue weighted by Crippen LogP contribution is 2.19. The van der Waals surface area contributed by atoms with E-state index >= 15 is 0 Å². The Balaban J connectivity index is 1.75. The van der Waals surface area contributed by atoms with Crippen molar-refractivity contribution in [3.63, 3.8) is 0 Å². The van der Waals surface area contributed by atoms with E-state index in [1.165, 1.54) is 18.4 Å². The maximum Gasteiger partial charge on any atom is 0.217 e. The number of aromatic nitrogens is 2. The largest absolute Gasteiger partial charge is 0.310 e. The third-order valence-electron chi connectivity index (χ3n) is 3.13. The molecule has 0 amide bonds. The molecule has 2 aromatic rings. The maximum atomic E-state index is 8.93. The minimum absolute atomic E-state index is 0.416. The van der Waals surface area contributed by atoms with E-state index in [0.29, 0.717) is 5.82 Å². The molecule has 3 rings (SSSR count).